The number of nitrogens with one attached hydrogen (secondary N) is 2. The van der Waals surface area contributed by atoms with Crippen molar-refractivity contribution in [2.75, 3.05) is 19.5 Å². The summed E-state index contributed by atoms with van der Waals surface area (Å²) >= 11 is 0. The van der Waals surface area contributed by atoms with E-state index in [1.807, 2.05) is 12.2 Å². The van der Waals surface area contributed by atoms with Crippen LogP contribution in [0.25, 0.3) is 0 Å². The Morgan fingerprint density at radius 1 is 1.03 bits per heavy atom. The highest BCUT2D eigenvalue weighted by Crippen LogP contribution is 2.40. The smallest absolute Gasteiger partial charge is 0.231 e. The molecule has 29 heavy (non-hydrogen) atoms. The van der Waals surface area contributed by atoms with Crippen LogP contribution in [0, 0.1) is 11.8 Å². The standard InChI is InChI=1S/C21H22N2O6/c1-26-12-5-6-14(17(10-12)27-2)23-21(25)19-16-8-7-15(29-16)18(19)20(24)22-11-13-4-3-9-28-13/h3-10,15-16,18-19H,11H2,1-2H3,(H,22,24)(H,23,25). The minimum Gasteiger partial charge on any atom is -0.497 e. The molecule has 0 saturated carbocycles. The highest BCUT2D eigenvalue weighted by molar-refractivity contribution is 5.98. The van der Waals surface area contributed by atoms with Gasteiger partial charge in [0.15, 0.2) is 0 Å². The molecule has 1 aromatic carbocycles. The van der Waals surface area contributed by atoms with Crippen molar-refractivity contribution in [3.05, 3.63) is 54.5 Å². The Hall–Kier alpha value is -3.26. The second kappa shape index (κ2) is 8.00. The topological polar surface area (TPSA) is 99.0 Å². The molecule has 1 fully saturated rings. The highest BCUT2D eigenvalue weighted by Gasteiger charge is 2.52. The summed E-state index contributed by atoms with van der Waals surface area (Å²) in [7, 11) is 3.07. The lowest BCUT2D eigenvalue weighted by molar-refractivity contribution is -0.131. The van der Waals surface area contributed by atoms with Gasteiger partial charge in [-0.3, -0.25) is 9.59 Å². The van der Waals surface area contributed by atoms with Gasteiger partial charge in [-0.25, -0.2) is 0 Å². The third-order valence-corrected chi connectivity index (χ3v) is 5.19. The molecule has 1 aromatic heterocycles. The maximum Gasteiger partial charge on any atom is 0.231 e. The van der Waals surface area contributed by atoms with Gasteiger partial charge in [0.1, 0.15) is 17.3 Å². The number of ether oxygens (including phenoxy) is 3. The molecule has 0 radical (unpaired) electrons. The Bertz CT molecular complexity index is 923. The van der Waals surface area contributed by atoms with Crippen LogP contribution in [0.2, 0.25) is 0 Å². The molecule has 4 rings (SSSR count). The number of furan rings is 1. The fourth-order valence-corrected chi connectivity index (χ4v) is 3.76. The molecule has 2 aliphatic heterocycles. The van der Waals surface area contributed by atoms with E-state index in [1.165, 1.54) is 7.11 Å². The molecular weight excluding hydrogens is 376 g/mol. The summed E-state index contributed by atoms with van der Waals surface area (Å²) in [5, 5.41) is 5.69. The van der Waals surface area contributed by atoms with Crippen LogP contribution in [0.5, 0.6) is 11.5 Å². The van der Waals surface area contributed by atoms with Crippen molar-refractivity contribution in [1.29, 1.82) is 0 Å². The summed E-state index contributed by atoms with van der Waals surface area (Å²) in [5.41, 5.74) is 0.500. The Balaban J connectivity index is 1.49. The molecule has 2 aliphatic rings. The molecule has 2 bridgehead atoms. The Kier molecular flexibility index (Phi) is 5.26. The van der Waals surface area contributed by atoms with Gasteiger partial charge in [-0.1, -0.05) is 12.2 Å². The monoisotopic (exact) mass is 398 g/mol. The van der Waals surface area contributed by atoms with E-state index in [4.69, 9.17) is 18.6 Å². The Morgan fingerprint density at radius 3 is 2.45 bits per heavy atom. The largest absolute Gasteiger partial charge is 0.497 e. The molecule has 2 amide bonds. The number of fused-ring (bicyclic) bond motifs is 2. The first-order chi connectivity index (χ1) is 14.1. The van der Waals surface area contributed by atoms with Gasteiger partial charge in [-0.2, -0.15) is 0 Å². The van der Waals surface area contributed by atoms with Crippen LogP contribution >= 0.6 is 0 Å². The van der Waals surface area contributed by atoms with E-state index in [9.17, 15) is 9.59 Å². The van der Waals surface area contributed by atoms with E-state index in [0.29, 0.717) is 22.9 Å². The van der Waals surface area contributed by atoms with Crippen molar-refractivity contribution < 1.29 is 28.2 Å². The van der Waals surface area contributed by atoms with Crippen LogP contribution in [-0.4, -0.2) is 38.2 Å². The third kappa shape index (κ3) is 3.71. The van der Waals surface area contributed by atoms with Crippen molar-refractivity contribution in [1.82, 2.24) is 5.32 Å². The summed E-state index contributed by atoms with van der Waals surface area (Å²) in [6.07, 6.45) is 4.34. The number of carbonyl (C=O) groups is 2. The van der Waals surface area contributed by atoms with Crippen LogP contribution in [0.4, 0.5) is 5.69 Å². The molecule has 4 unspecified atom stereocenters. The van der Waals surface area contributed by atoms with Gasteiger partial charge in [-0.05, 0) is 24.3 Å². The lowest BCUT2D eigenvalue weighted by Gasteiger charge is -2.24. The van der Waals surface area contributed by atoms with E-state index < -0.39 is 24.0 Å². The van der Waals surface area contributed by atoms with Crippen LogP contribution in [-0.2, 0) is 20.9 Å². The minimum atomic E-state index is -0.645. The zero-order valence-electron chi connectivity index (χ0n) is 16.1. The van der Waals surface area contributed by atoms with E-state index in [0.717, 1.165) is 0 Å². The predicted octanol–water partition coefficient (Wildman–Crippen LogP) is 2.12. The average molecular weight is 398 g/mol. The number of rotatable bonds is 7. The number of carbonyl (C=O) groups excluding carboxylic acids is 2. The van der Waals surface area contributed by atoms with Gasteiger partial charge in [0.25, 0.3) is 0 Å². The highest BCUT2D eigenvalue weighted by atomic mass is 16.5. The summed E-state index contributed by atoms with van der Waals surface area (Å²) in [6.45, 7) is 0.254. The van der Waals surface area contributed by atoms with Gasteiger partial charge in [-0.15, -0.1) is 0 Å². The zero-order valence-corrected chi connectivity index (χ0v) is 16.1. The van der Waals surface area contributed by atoms with E-state index in [1.54, 1.807) is 43.7 Å². The molecule has 1 saturated heterocycles. The SMILES string of the molecule is COc1ccc(NC(=O)C2C3C=CC(O3)C2C(=O)NCc2ccco2)c(OC)c1. The fraction of sp³-hybridized carbons (Fsp3) is 0.333. The van der Waals surface area contributed by atoms with Gasteiger partial charge in [0, 0.05) is 6.07 Å². The quantitative estimate of drug-likeness (QED) is 0.693. The maximum absolute atomic E-state index is 13.1. The van der Waals surface area contributed by atoms with E-state index in [2.05, 4.69) is 10.6 Å². The van der Waals surface area contributed by atoms with E-state index >= 15 is 0 Å². The van der Waals surface area contributed by atoms with Crippen LogP contribution in [0.3, 0.4) is 0 Å². The van der Waals surface area contributed by atoms with E-state index in [-0.39, 0.29) is 18.4 Å². The lowest BCUT2D eigenvalue weighted by atomic mass is 9.81. The van der Waals surface area contributed by atoms with Gasteiger partial charge in [0.2, 0.25) is 11.8 Å². The second-order valence-corrected chi connectivity index (χ2v) is 6.85. The summed E-state index contributed by atoms with van der Waals surface area (Å²) in [5.74, 6) is -0.0968. The lowest BCUT2D eigenvalue weighted by Crippen LogP contribution is -2.44. The number of hydrogen-bond donors (Lipinski definition) is 2. The first-order valence-corrected chi connectivity index (χ1v) is 9.27. The maximum atomic E-state index is 13.1. The molecule has 2 N–H and O–H groups in total. The van der Waals surface area contributed by atoms with Crippen molar-refractivity contribution in [2.24, 2.45) is 11.8 Å². The summed E-state index contributed by atoms with van der Waals surface area (Å²) in [6, 6.07) is 8.63. The van der Waals surface area contributed by atoms with Gasteiger partial charge in [0.05, 0.1) is 56.8 Å². The van der Waals surface area contributed by atoms with Crippen molar-refractivity contribution in [2.45, 2.75) is 18.8 Å². The number of benzene rings is 1. The summed E-state index contributed by atoms with van der Waals surface area (Å²) < 4.78 is 21.6. The Labute approximate surface area is 167 Å². The first-order valence-electron chi connectivity index (χ1n) is 9.27. The van der Waals surface area contributed by atoms with Crippen LogP contribution in [0.1, 0.15) is 5.76 Å². The van der Waals surface area contributed by atoms with Crippen molar-refractivity contribution in [3.8, 4) is 11.5 Å². The zero-order chi connectivity index (χ0) is 20.4. The second-order valence-electron chi connectivity index (χ2n) is 6.85. The number of amides is 2. The molecule has 8 nitrogen and oxygen atoms in total. The van der Waals surface area contributed by atoms with Gasteiger partial charge < -0.3 is 29.3 Å². The first kappa shape index (κ1) is 19.1. The average Bonchev–Trinajstić information content (AvgIpc) is 3.49. The molecule has 8 heteroatoms. The third-order valence-electron chi connectivity index (χ3n) is 5.19. The molecule has 0 aliphatic carbocycles. The number of anilines is 1. The number of methoxy groups -OCH3 is 2. The van der Waals surface area contributed by atoms with Crippen LogP contribution in [0.15, 0.2) is 53.2 Å². The molecule has 2 aromatic rings. The van der Waals surface area contributed by atoms with Crippen molar-refractivity contribution >= 4 is 17.5 Å². The molecule has 4 atom stereocenters. The normalized spacial score (nSPS) is 24.3. The number of hydrogen-bond acceptors (Lipinski definition) is 6. The van der Waals surface area contributed by atoms with Crippen LogP contribution < -0.4 is 20.1 Å². The summed E-state index contributed by atoms with van der Waals surface area (Å²) in [4.78, 5) is 25.9. The molecular formula is C21H22N2O6. The van der Waals surface area contributed by atoms with Crippen molar-refractivity contribution in [3.63, 3.8) is 0 Å². The molecule has 152 valence electrons. The molecule has 3 heterocycles. The fourth-order valence-electron chi connectivity index (χ4n) is 3.76. The minimum absolute atomic E-state index is 0.250. The predicted molar refractivity (Wildman–Crippen MR) is 104 cm³/mol. The molecule has 0 spiro atoms. The Morgan fingerprint density at radius 2 is 1.79 bits per heavy atom. The van der Waals surface area contributed by atoms with Gasteiger partial charge >= 0.3 is 0 Å².